The van der Waals surface area contributed by atoms with E-state index in [1.807, 2.05) is 48.7 Å². The summed E-state index contributed by atoms with van der Waals surface area (Å²) < 4.78 is 10.8. The minimum absolute atomic E-state index is 0.00291. The highest BCUT2D eigenvalue weighted by Crippen LogP contribution is 2.20. The Kier molecular flexibility index (Phi) is 5.76. The van der Waals surface area contributed by atoms with Crippen LogP contribution in [0.15, 0.2) is 60.9 Å². The van der Waals surface area contributed by atoms with Gasteiger partial charge in [-0.2, -0.15) is 0 Å². The van der Waals surface area contributed by atoms with Gasteiger partial charge in [-0.05, 0) is 41.3 Å². The third-order valence-electron chi connectivity index (χ3n) is 4.98. The van der Waals surface area contributed by atoms with Crippen LogP contribution in [0.3, 0.4) is 0 Å². The van der Waals surface area contributed by atoms with E-state index in [0.717, 1.165) is 34.3 Å². The summed E-state index contributed by atoms with van der Waals surface area (Å²) >= 11 is 0. The second-order valence-corrected chi connectivity index (χ2v) is 7.00. The molecule has 1 amide bonds. The molecule has 4 rings (SSSR count). The number of ether oxygens (including phenoxy) is 2. The van der Waals surface area contributed by atoms with E-state index in [1.54, 1.807) is 13.3 Å². The topological polar surface area (TPSA) is 84.5 Å². The molecule has 2 heterocycles. The normalized spacial score (nSPS) is 18.4. The van der Waals surface area contributed by atoms with Crippen molar-refractivity contribution in [2.75, 3.05) is 25.5 Å². The predicted molar refractivity (Wildman–Crippen MR) is 112 cm³/mol. The van der Waals surface area contributed by atoms with Gasteiger partial charge in [-0.1, -0.05) is 18.2 Å². The standard InChI is InChI=1S/C22H24N4O3/c1-28-19-4-2-3-15(9-19)11-25-22(27)29-21-14-24-13-20(21)26-18-6-5-17-12-23-8-7-16(17)10-18/h2-10,12,20-21,24,26H,11,13-14H2,1H3,(H,25,27)/t20-,21+/m1/s1. The molecule has 1 aliphatic rings. The molecule has 1 aromatic heterocycles. The fourth-order valence-electron chi connectivity index (χ4n) is 3.45. The fraction of sp³-hybridized carbons (Fsp3) is 0.273. The van der Waals surface area contributed by atoms with E-state index in [1.165, 1.54) is 0 Å². The van der Waals surface area contributed by atoms with Gasteiger partial charge in [0.2, 0.25) is 0 Å². The van der Waals surface area contributed by atoms with Crippen molar-refractivity contribution in [2.45, 2.75) is 18.7 Å². The molecular formula is C22H24N4O3. The number of amides is 1. The molecular weight excluding hydrogens is 368 g/mol. The fourth-order valence-corrected chi connectivity index (χ4v) is 3.45. The Balaban J connectivity index is 1.33. The van der Waals surface area contributed by atoms with Crippen LogP contribution < -0.4 is 20.7 Å². The number of hydrogen-bond acceptors (Lipinski definition) is 6. The molecule has 2 aromatic carbocycles. The summed E-state index contributed by atoms with van der Waals surface area (Å²) in [5, 5.41) is 11.8. The number of hydrogen-bond donors (Lipinski definition) is 3. The lowest BCUT2D eigenvalue weighted by atomic mass is 10.1. The number of pyridine rings is 1. The molecule has 150 valence electrons. The number of anilines is 1. The van der Waals surface area contributed by atoms with Crippen molar-refractivity contribution in [1.29, 1.82) is 0 Å². The minimum atomic E-state index is -0.432. The van der Waals surface area contributed by atoms with Gasteiger partial charge in [0, 0.05) is 43.1 Å². The Morgan fingerprint density at radius 1 is 1.17 bits per heavy atom. The third-order valence-corrected chi connectivity index (χ3v) is 4.98. The molecule has 0 aliphatic carbocycles. The molecule has 3 N–H and O–H groups in total. The second kappa shape index (κ2) is 8.79. The summed E-state index contributed by atoms with van der Waals surface area (Å²) in [4.78, 5) is 16.4. The van der Waals surface area contributed by atoms with Crippen molar-refractivity contribution in [3.63, 3.8) is 0 Å². The number of methoxy groups -OCH3 is 1. The van der Waals surface area contributed by atoms with Gasteiger partial charge in [-0.3, -0.25) is 4.98 Å². The Bertz CT molecular complexity index is 994. The molecule has 7 heteroatoms. The highest BCUT2D eigenvalue weighted by molar-refractivity contribution is 5.84. The summed E-state index contributed by atoms with van der Waals surface area (Å²) in [5.41, 5.74) is 1.94. The van der Waals surface area contributed by atoms with Crippen LogP contribution in [0.1, 0.15) is 5.56 Å². The number of benzene rings is 2. The number of rotatable bonds is 6. The smallest absolute Gasteiger partial charge is 0.407 e. The lowest BCUT2D eigenvalue weighted by molar-refractivity contribution is 0.102. The molecule has 0 radical (unpaired) electrons. The molecule has 1 fully saturated rings. The highest BCUT2D eigenvalue weighted by Gasteiger charge is 2.30. The molecule has 0 bridgehead atoms. The van der Waals surface area contributed by atoms with Crippen molar-refractivity contribution >= 4 is 22.6 Å². The lowest BCUT2D eigenvalue weighted by Crippen LogP contribution is -2.38. The third kappa shape index (κ3) is 4.75. The maximum absolute atomic E-state index is 12.3. The summed E-state index contributed by atoms with van der Waals surface area (Å²) in [6, 6.07) is 15.7. The predicted octanol–water partition coefficient (Wildman–Crippen LogP) is 2.92. The van der Waals surface area contributed by atoms with Crippen LogP contribution in [0.5, 0.6) is 5.75 Å². The van der Waals surface area contributed by atoms with E-state index in [4.69, 9.17) is 9.47 Å². The Labute approximate surface area is 169 Å². The zero-order valence-corrected chi connectivity index (χ0v) is 16.2. The zero-order valence-electron chi connectivity index (χ0n) is 16.2. The largest absolute Gasteiger partial charge is 0.497 e. The molecule has 1 aliphatic heterocycles. The number of nitrogens with one attached hydrogen (secondary N) is 3. The molecule has 29 heavy (non-hydrogen) atoms. The maximum Gasteiger partial charge on any atom is 0.407 e. The monoisotopic (exact) mass is 392 g/mol. The van der Waals surface area contributed by atoms with Crippen LogP contribution in [0, 0.1) is 0 Å². The van der Waals surface area contributed by atoms with Crippen LogP contribution in [0.25, 0.3) is 10.8 Å². The Hall–Kier alpha value is -3.32. The molecule has 0 saturated carbocycles. The van der Waals surface area contributed by atoms with Crippen molar-refractivity contribution in [3.8, 4) is 5.75 Å². The summed E-state index contributed by atoms with van der Waals surface area (Å²) in [7, 11) is 1.62. The molecule has 7 nitrogen and oxygen atoms in total. The summed E-state index contributed by atoms with van der Waals surface area (Å²) in [6.07, 6.45) is 2.93. The first kappa shape index (κ1) is 19.0. The van der Waals surface area contributed by atoms with E-state index in [2.05, 4.69) is 27.0 Å². The Morgan fingerprint density at radius 2 is 2.10 bits per heavy atom. The van der Waals surface area contributed by atoms with Gasteiger partial charge in [0.1, 0.15) is 11.9 Å². The number of carbonyl (C=O) groups excluding carboxylic acids is 1. The average molecular weight is 392 g/mol. The van der Waals surface area contributed by atoms with Gasteiger partial charge < -0.3 is 25.4 Å². The van der Waals surface area contributed by atoms with Crippen LogP contribution in [-0.2, 0) is 11.3 Å². The van der Waals surface area contributed by atoms with Gasteiger partial charge in [0.15, 0.2) is 0 Å². The number of alkyl carbamates (subject to hydrolysis) is 1. The average Bonchev–Trinajstić information content (AvgIpc) is 3.18. The van der Waals surface area contributed by atoms with Crippen molar-refractivity contribution in [2.24, 2.45) is 0 Å². The van der Waals surface area contributed by atoms with E-state index < -0.39 is 6.09 Å². The van der Waals surface area contributed by atoms with Crippen LogP contribution in [-0.4, -0.2) is 43.4 Å². The number of aromatic nitrogens is 1. The lowest BCUT2D eigenvalue weighted by Gasteiger charge is -2.21. The molecule has 2 atom stereocenters. The maximum atomic E-state index is 12.3. The highest BCUT2D eigenvalue weighted by atomic mass is 16.6. The van der Waals surface area contributed by atoms with E-state index in [0.29, 0.717) is 13.1 Å². The van der Waals surface area contributed by atoms with Gasteiger partial charge in [0.05, 0.1) is 13.2 Å². The van der Waals surface area contributed by atoms with Gasteiger partial charge in [0.25, 0.3) is 0 Å². The molecule has 0 spiro atoms. The van der Waals surface area contributed by atoms with Gasteiger partial charge in [-0.25, -0.2) is 4.79 Å². The SMILES string of the molecule is COc1cccc(CNC(=O)O[C@H]2CNC[C@H]2Nc2ccc3cnccc3c2)c1. The number of carbonyl (C=O) groups is 1. The van der Waals surface area contributed by atoms with E-state index >= 15 is 0 Å². The Morgan fingerprint density at radius 3 is 3.00 bits per heavy atom. The second-order valence-electron chi connectivity index (χ2n) is 7.00. The van der Waals surface area contributed by atoms with Crippen molar-refractivity contribution in [1.82, 2.24) is 15.6 Å². The summed E-state index contributed by atoms with van der Waals surface area (Å²) in [6.45, 7) is 1.72. The van der Waals surface area contributed by atoms with Crippen LogP contribution in [0.2, 0.25) is 0 Å². The summed E-state index contributed by atoms with van der Waals surface area (Å²) in [5.74, 6) is 0.757. The van der Waals surface area contributed by atoms with Gasteiger partial charge >= 0.3 is 6.09 Å². The minimum Gasteiger partial charge on any atom is -0.497 e. The number of fused-ring (bicyclic) bond motifs is 1. The first-order valence-electron chi connectivity index (χ1n) is 9.60. The first-order valence-corrected chi connectivity index (χ1v) is 9.60. The molecule has 1 saturated heterocycles. The quantitative estimate of drug-likeness (QED) is 0.598. The van der Waals surface area contributed by atoms with Crippen molar-refractivity contribution < 1.29 is 14.3 Å². The molecule has 0 unspecified atom stereocenters. The van der Waals surface area contributed by atoms with Crippen LogP contribution >= 0.6 is 0 Å². The van der Waals surface area contributed by atoms with E-state index in [9.17, 15) is 4.79 Å². The van der Waals surface area contributed by atoms with E-state index in [-0.39, 0.29) is 12.1 Å². The number of nitrogens with zero attached hydrogens (tertiary/aromatic N) is 1. The zero-order chi connectivity index (χ0) is 20.1. The molecule has 3 aromatic rings. The van der Waals surface area contributed by atoms with Crippen LogP contribution in [0.4, 0.5) is 10.5 Å². The van der Waals surface area contributed by atoms with Gasteiger partial charge in [-0.15, -0.1) is 0 Å². The van der Waals surface area contributed by atoms with Crippen molar-refractivity contribution in [3.05, 3.63) is 66.5 Å². The first-order chi connectivity index (χ1) is 14.2.